The van der Waals surface area contributed by atoms with Gasteiger partial charge in [0.05, 0.1) is 13.2 Å². The van der Waals surface area contributed by atoms with Gasteiger partial charge in [0, 0.05) is 26.7 Å². The lowest BCUT2D eigenvalue weighted by Gasteiger charge is -2.47. The fraction of sp³-hybridized carbons (Fsp3) is 0.923. The second-order valence-corrected chi connectivity index (χ2v) is 4.92. The number of rotatable bonds is 5. The Morgan fingerprint density at radius 1 is 1.37 bits per heavy atom. The van der Waals surface area contributed by atoms with E-state index in [1.807, 2.05) is 13.8 Å². The van der Waals surface area contributed by atoms with Crippen molar-refractivity contribution < 1.29 is 24.1 Å². The molecule has 1 amide bonds. The van der Waals surface area contributed by atoms with E-state index in [9.17, 15) is 9.90 Å². The highest BCUT2D eigenvalue weighted by atomic mass is 16.7. The number of β-amino-alcohol motifs (C(OH)–C–C–N with tert-alkyl or cyclic N) is 1. The van der Waals surface area contributed by atoms with Gasteiger partial charge in [-0.3, -0.25) is 0 Å². The average molecular weight is 275 g/mol. The van der Waals surface area contributed by atoms with Gasteiger partial charge in [-0.15, -0.1) is 0 Å². The number of aliphatic hydroxyl groups excluding tert-OH is 1. The molecule has 0 aromatic rings. The predicted molar refractivity (Wildman–Crippen MR) is 69.7 cm³/mol. The van der Waals surface area contributed by atoms with Crippen LogP contribution in [0.15, 0.2) is 0 Å². The first-order valence-corrected chi connectivity index (χ1v) is 6.71. The third-order valence-electron chi connectivity index (χ3n) is 3.66. The zero-order chi connectivity index (χ0) is 14.5. The van der Waals surface area contributed by atoms with Crippen LogP contribution in [0.2, 0.25) is 0 Å². The number of carbonyl (C=O) groups is 1. The predicted octanol–water partition coefficient (Wildman–Crippen LogP) is 1.22. The van der Waals surface area contributed by atoms with Crippen molar-refractivity contribution in [3.8, 4) is 0 Å². The number of methoxy groups -OCH3 is 2. The highest BCUT2D eigenvalue weighted by molar-refractivity contribution is 5.67. The maximum atomic E-state index is 11.9. The van der Waals surface area contributed by atoms with Crippen molar-refractivity contribution in [1.82, 2.24) is 4.90 Å². The summed E-state index contributed by atoms with van der Waals surface area (Å²) in [6.07, 6.45) is 0.533. The van der Waals surface area contributed by atoms with E-state index >= 15 is 0 Å². The Labute approximate surface area is 114 Å². The van der Waals surface area contributed by atoms with E-state index in [0.717, 1.165) is 12.8 Å². The van der Waals surface area contributed by atoms with Gasteiger partial charge in [0.1, 0.15) is 6.10 Å². The molecule has 0 aromatic carbocycles. The number of amides is 1. The molecule has 112 valence electrons. The minimum Gasteiger partial charge on any atom is -0.449 e. The van der Waals surface area contributed by atoms with Crippen LogP contribution in [0.1, 0.15) is 26.7 Å². The maximum Gasteiger partial charge on any atom is 0.409 e. The van der Waals surface area contributed by atoms with Gasteiger partial charge in [0.15, 0.2) is 5.79 Å². The van der Waals surface area contributed by atoms with E-state index in [1.165, 1.54) is 19.1 Å². The molecule has 1 heterocycles. The van der Waals surface area contributed by atoms with E-state index in [-0.39, 0.29) is 18.6 Å². The SMILES string of the molecule is CCCCOC(=O)N1CC(C)C(OC)(OC)C(O)C1. The number of likely N-dealkylation sites (tertiary alicyclic amines) is 1. The highest BCUT2D eigenvalue weighted by Gasteiger charge is 2.49. The monoisotopic (exact) mass is 275 g/mol. The summed E-state index contributed by atoms with van der Waals surface area (Å²) in [6, 6.07) is 0. The van der Waals surface area contributed by atoms with Crippen molar-refractivity contribution in [2.75, 3.05) is 33.9 Å². The number of carbonyl (C=O) groups excluding carboxylic acids is 1. The summed E-state index contributed by atoms with van der Waals surface area (Å²) in [4.78, 5) is 13.4. The summed E-state index contributed by atoms with van der Waals surface area (Å²) in [5.74, 6) is -1.20. The molecular weight excluding hydrogens is 250 g/mol. The van der Waals surface area contributed by atoms with Crippen molar-refractivity contribution in [3.63, 3.8) is 0 Å². The van der Waals surface area contributed by atoms with Crippen LogP contribution in [-0.2, 0) is 14.2 Å². The molecule has 0 radical (unpaired) electrons. The van der Waals surface area contributed by atoms with E-state index in [1.54, 1.807) is 0 Å². The molecule has 0 saturated carbocycles. The molecule has 6 nitrogen and oxygen atoms in total. The van der Waals surface area contributed by atoms with Gasteiger partial charge in [-0.2, -0.15) is 0 Å². The van der Waals surface area contributed by atoms with E-state index < -0.39 is 11.9 Å². The van der Waals surface area contributed by atoms with Crippen LogP contribution in [-0.4, -0.2) is 61.9 Å². The fourth-order valence-electron chi connectivity index (χ4n) is 2.50. The molecule has 2 atom stereocenters. The number of aliphatic hydroxyl groups is 1. The third-order valence-corrected chi connectivity index (χ3v) is 3.66. The molecule has 1 rings (SSSR count). The molecule has 1 aliphatic heterocycles. The summed E-state index contributed by atoms with van der Waals surface area (Å²) < 4.78 is 15.8. The number of nitrogens with zero attached hydrogens (tertiary/aromatic N) is 1. The van der Waals surface area contributed by atoms with Gasteiger partial charge in [0.2, 0.25) is 0 Å². The summed E-state index contributed by atoms with van der Waals surface area (Å²) in [7, 11) is 3.00. The maximum absolute atomic E-state index is 11.9. The van der Waals surface area contributed by atoms with E-state index in [0.29, 0.717) is 13.2 Å². The van der Waals surface area contributed by atoms with E-state index in [2.05, 4.69) is 0 Å². The molecular formula is C13H25NO5. The summed E-state index contributed by atoms with van der Waals surface area (Å²) in [5, 5.41) is 10.2. The van der Waals surface area contributed by atoms with Crippen molar-refractivity contribution in [2.45, 2.75) is 38.6 Å². The molecule has 2 unspecified atom stereocenters. The Balaban J connectivity index is 2.61. The van der Waals surface area contributed by atoms with Gasteiger partial charge in [-0.25, -0.2) is 4.79 Å². The van der Waals surface area contributed by atoms with Gasteiger partial charge < -0.3 is 24.2 Å². The molecule has 1 N–H and O–H groups in total. The minimum absolute atomic E-state index is 0.148. The van der Waals surface area contributed by atoms with Crippen molar-refractivity contribution >= 4 is 6.09 Å². The minimum atomic E-state index is -1.06. The molecule has 0 spiro atoms. The van der Waals surface area contributed by atoms with Crippen LogP contribution < -0.4 is 0 Å². The summed E-state index contributed by atoms with van der Waals surface area (Å²) in [6.45, 7) is 4.91. The number of hydrogen-bond donors (Lipinski definition) is 1. The van der Waals surface area contributed by atoms with Gasteiger partial charge in [0.25, 0.3) is 0 Å². The molecule has 1 fully saturated rings. The second kappa shape index (κ2) is 7.07. The molecule has 0 aromatic heterocycles. The zero-order valence-corrected chi connectivity index (χ0v) is 12.2. The lowest BCUT2D eigenvalue weighted by Crippen LogP contribution is -2.63. The number of ether oxygens (including phenoxy) is 3. The van der Waals surface area contributed by atoms with Crippen LogP contribution in [0, 0.1) is 5.92 Å². The third kappa shape index (κ3) is 3.38. The number of hydrogen-bond acceptors (Lipinski definition) is 5. The molecule has 0 bridgehead atoms. The van der Waals surface area contributed by atoms with Gasteiger partial charge in [-0.05, 0) is 6.42 Å². The number of unbranched alkanes of at least 4 members (excludes halogenated alkanes) is 1. The lowest BCUT2D eigenvalue weighted by molar-refractivity contribution is -0.300. The van der Waals surface area contributed by atoms with Crippen molar-refractivity contribution in [2.24, 2.45) is 5.92 Å². The quantitative estimate of drug-likeness (QED) is 0.603. The first-order chi connectivity index (χ1) is 9.01. The summed E-state index contributed by atoms with van der Waals surface area (Å²) in [5.41, 5.74) is 0. The standard InChI is InChI=1S/C13H25NO5/c1-5-6-7-19-12(16)14-8-10(2)13(17-3,18-4)11(15)9-14/h10-11,15H,5-9H2,1-4H3. The zero-order valence-electron chi connectivity index (χ0n) is 12.2. The Bertz CT molecular complexity index is 279. The Hall–Kier alpha value is -0.850. The fourth-order valence-corrected chi connectivity index (χ4v) is 2.50. The Kier molecular flexibility index (Phi) is 6.03. The smallest absolute Gasteiger partial charge is 0.409 e. The molecule has 1 aliphatic rings. The highest BCUT2D eigenvalue weighted by Crippen LogP contribution is 2.32. The Morgan fingerprint density at radius 3 is 2.47 bits per heavy atom. The molecule has 0 aliphatic carbocycles. The average Bonchev–Trinajstić information content (AvgIpc) is 2.39. The van der Waals surface area contributed by atoms with Crippen LogP contribution in [0.3, 0.4) is 0 Å². The Morgan fingerprint density at radius 2 is 2.00 bits per heavy atom. The van der Waals surface area contributed by atoms with Crippen LogP contribution in [0.4, 0.5) is 4.79 Å². The normalized spacial score (nSPS) is 26.3. The van der Waals surface area contributed by atoms with Gasteiger partial charge >= 0.3 is 6.09 Å². The second-order valence-electron chi connectivity index (χ2n) is 4.92. The lowest BCUT2D eigenvalue weighted by atomic mass is 9.90. The van der Waals surface area contributed by atoms with Crippen LogP contribution >= 0.6 is 0 Å². The van der Waals surface area contributed by atoms with Crippen molar-refractivity contribution in [1.29, 1.82) is 0 Å². The molecule has 1 saturated heterocycles. The van der Waals surface area contributed by atoms with E-state index in [4.69, 9.17) is 14.2 Å². The molecule has 6 heteroatoms. The first-order valence-electron chi connectivity index (χ1n) is 6.71. The summed E-state index contributed by atoms with van der Waals surface area (Å²) >= 11 is 0. The van der Waals surface area contributed by atoms with Crippen LogP contribution in [0.25, 0.3) is 0 Å². The topological polar surface area (TPSA) is 68.2 Å². The largest absolute Gasteiger partial charge is 0.449 e. The van der Waals surface area contributed by atoms with Crippen LogP contribution in [0.5, 0.6) is 0 Å². The number of piperidine rings is 1. The van der Waals surface area contributed by atoms with Crippen molar-refractivity contribution in [3.05, 3.63) is 0 Å². The van der Waals surface area contributed by atoms with Gasteiger partial charge in [-0.1, -0.05) is 20.3 Å². The molecule has 19 heavy (non-hydrogen) atoms. The first kappa shape index (κ1) is 16.2.